The molecule has 0 aliphatic carbocycles. The predicted octanol–water partition coefficient (Wildman–Crippen LogP) is 2.18. The lowest BCUT2D eigenvalue weighted by Gasteiger charge is -2.10. The second-order valence-corrected chi connectivity index (χ2v) is 4.73. The highest BCUT2D eigenvalue weighted by Crippen LogP contribution is 2.18. The van der Waals surface area contributed by atoms with Gasteiger partial charge in [0, 0.05) is 30.8 Å². The number of amides is 1. The minimum atomic E-state index is -0.347. The van der Waals surface area contributed by atoms with Crippen LogP contribution in [0.2, 0.25) is 0 Å². The molecule has 1 amide bonds. The summed E-state index contributed by atoms with van der Waals surface area (Å²) in [5.41, 5.74) is 6.41. The first-order valence-electron chi connectivity index (χ1n) is 6.59. The van der Waals surface area contributed by atoms with E-state index in [1.54, 1.807) is 12.1 Å². The van der Waals surface area contributed by atoms with E-state index < -0.39 is 0 Å². The van der Waals surface area contributed by atoms with E-state index in [0.717, 1.165) is 25.9 Å². The Bertz CT molecular complexity index is 445. The molecule has 1 aliphatic heterocycles. The Hall–Kier alpha value is -1.46. The van der Waals surface area contributed by atoms with Gasteiger partial charge in [-0.05, 0) is 37.5 Å². The second kappa shape index (κ2) is 6.63. The summed E-state index contributed by atoms with van der Waals surface area (Å²) in [5.74, 6) is -0.426. The van der Waals surface area contributed by atoms with Crippen LogP contribution in [0.15, 0.2) is 18.2 Å². The average Bonchev–Trinajstić information content (AvgIpc) is 2.92. The number of carbonyl (C=O) groups is 1. The van der Waals surface area contributed by atoms with Crippen LogP contribution in [0.25, 0.3) is 0 Å². The summed E-state index contributed by atoms with van der Waals surface area (Å²) in [5, 5.41) is 2.75. The summed E-state index contributed by atoms with van der Waals surface area (Å²) < 4.78 is 18.7. The van der Waals surface area contributed by atoms with Gasteiger partial charge in [0.25, 0.3) is 0 Å². The molecule has 1 unspecified atom stereocenters. The Labute approximate surface area is 112 Å². The fourth-order valence-corrected chi connectivity index (χ4v) is 2.20. The largest absolute Gasteiger partial charge is 0.378 e. The molecule has 1 fully saturated rings. The molecule has 4 nitrogen and oxygen atoms in total. The van der Waals surface area contributed by atoms with E-state index in [1.165, 1.54) is 6.07 Å². The Morgan fingerprint density at radius 2 is 2.37 bits per heavy atom. The molecule has 5 heteroatoms. The van der Waals surface area contributed by atoms with Crippen molar-refractivity contribution in [3.05, 3.63) is 29.6 Å². The fourth-order valence-electron chi connectivity index (χ4n) is 2.20. The molecule has 1 heterocycles. The van der Waals surface area contributed by atoms with E-state index in [-0.39, 0.29) is 24.4 Å². The van der Waals surface area contributed by atoms with Gasteiger partial charge in [0.05, 0.1) is 6.10 Å². The molecule has 1 saturated heterocycles. The number of carbonyl (C=O) groups excluding carboxylic acids is 1. The van der Waals surface area contributed by atoms with Crippen LogP contribution in [0, 0.1) is 5.82 Å². The number of benzene rings is 1. The molecule has 3 N–H and O–H groups in total. The lowest BCUT2D eigenvalue weighted by atomic mass is 10.1. The smallest absolute Gasteiger partial charge is 0.224 e. The van der Waals surface area contributed by atoms with Gasteiger partial charge in [-0.15, -0.1) is 0 Å². The predicted molar refractivity (Wildman–Crippen MR) is 71.1 cm³/mol. The summed E-state index contributed by atoms with van der Waals surface area (Å²) in [6.07, 6.45) is 3.46. The van der Waals surface area contributed by atoms with E-state index in [1.807, 2.05) is 0 Å². The molecule has 0 saturated carbocycles. The zero-order chi connectivity index (χ0) is 13.7. The van der Waals surface area contributed by atoms with Gasteiger partial charge < -0.3 is 15.8 Å². The SMILES string of the molecule is NCc1cc(NC(=O)CCC2CCCO2)ccc1F. The van der Waals surface area contributed by atoms with Gasteiger partial charge in [0.1, 0.15) is 5.82 Å². The summed E-state index contributed by atoms with van der Waals surface area (Å²) in [7, 11) is 0. The minimum Gasteiger partial charge on any atom is -0.378 e. The zero-order valence-corrected chi connectivity index (χ0v) is 10.8. The first kappa shape index (κ1) is 14.0. The number of ether oxygens (including phenoxy) is 1. The van der Waals surface area contributed by atoms with Crippen LogP contribution in [0.3, 0.4) is 0 Å². The number of rotatable bonds is 5. The molecule has 0 radical (unpaired) electrons. The highest BCUT2D eigenvalue weighted by atomic mass is 19.1. The maximum Gasteiger partial charge on any atom is 0.224 e. The molecule has 19 heavy (non-hydrogen) atoms. The van der Waals surface area contributed by atoms with Gasteiger partial charge in [-0.2, -0.15) is 0 Å². The summed E-state index contributed by atoms with van der Waals surface area (Å²) >= 11 is 0. The fraction of sp³-hybridized carbons (Fsp3) is 0.500. The third-order valence-corrected chi connectivity index (χ3v) is 3.27. The first-order chi connectivity index (χ1) is 9.19. The second-order valence-electron chi connectivity index (χ2n) is 4.73. The van der Waals surface area contributed by atoms with Gasteiger partial charge in [0.15, 0.2) is 0 Å². The van der Waals surface area contributed by atoms with Crippen LogP contribution in [0.4, 0.5) is 10.1 Å². The van der Waals surface area contributed by atoms with Gasteiger partial charge in [-0.25, -0.2) is 4.39 Å². The van der Waals surface area contributed by atoms with Crippen LogP contribution in [-0.2, 0) is 16.1 Å². The molecule has 104 valence electrons. The lowest BCUT2D eigenvalue weighted by Crippen LogP contribution is -2.15. The monoisotopic (exact) mass is 266 g/mol. The summed E-state index contributed by atoms with van der Waals surface area (Å²) in [6.45, 7) is 0.912. The quantitative estimate of drug-likeness (QED) is 0.858. The molecule has 1 aromatic carbocycles. The van der Waals surface area contributed by atoms with Crippen LogP contribution < -0.4 is 11.1 Å². The molecule has 0 spiro atoms. The third kappa shape index (κ3) is 4.01. The van der Waals surface area contributed by atoms with Crippen molar-refractivity contribution in [1.29, 1.82) is 0 Å². The standard InChI is InChI=1S/C14H19FN2O2/c15-13-5-3-11(8-10(13)9-16)17-14(18)6-4-12-2-1-7-19-12/h3,5,8,12H,1-2,4,6-7,9,16H2,(H,17,18). The Balaban J connectivity index is 1.84. The van der Waals surface area contributed by atoms with Crippen molar-refractivity contribution in [1.82, 2.24) is 0 Å². The zero-order valence-electron chi connectivity index (χ0n) is 10.8. The molecule has 1 aliphatic rings. The molecule has 0 bridgehead atoms. The number of hydrogen-bond donors (Lipinski definition) is 2. The van der Waals surface area contributed by atoms with E-state index in [0.29, 0.717) is 17.7 Å². The van der Waals surface area contributed by atoms with Crippen LogP contribution in [0.1, 0.15) is 31.2 Å². The number of halogens is 1. The van der Waals surface area contributed by atoms with Crippen molar-refractivity contribution >= 4 is 11.6 Å². The van der Waals surface area contributed by atoms with Crippen molar-refractivity contribution in [2.24, 2.45) is 5.73 Å². The van der Waals surface area contributed by atoms with Gasteiger partial charge >= 0.3 is 0 Å². The minimum absolute atomic E-state index is 0.0786. The first-order valence-corrected chi connectivity index (χ1v) is 6.59. The van der Waals surface area contributed by atoms with E-state index in [9.17, 15) is 9.18 Å². The third-order valence-electron chi connectivity index (χ3n) is 3.27. The number of nitrogens with two attached hydrogens (primary N) is 1. The maximum atomic E-state index is 13.3. The Morgan fingerprint density at radius 1 is 1.53 bits per heavy atom. The van der Waals surface area contributed by atoms with Gasteiger partial charge in [0.2, 0.25) is 5.91 Å². The van der Waals surface area contributed by atoms with E-state index in [4.69, 9.17) is 10.5 Å². The number of anilines is 1. The van der Waals surface area contributed by atoms with Gasteiger partial charge in [-0.1, -0.05) is 0 Å². The molecular weight excluding hydrogens is 247 g/mol. The molecule has 2 rings (SSSR count). The van der Waals surface area contributed by atoms with Crippen molar-refractivity contribution in [2.45, 2.75) is 38.3 Å². The van der Waals surface area contributed by atoms with Crippen molar-refractivity contribution in [2.75, 3.05) is 11.9 Å². The van der Waals surface area contributed by atoms with E-state index >= 15 is 0 Å². The number of nitrogens with one attached hydrogen (secondary N) is 1. The van der Waals surface area contributed by atoms with Crippen molar-refractivity contribution in [3.63, 3.8) is 0 Å². The Morgan fingerprint density at radius 3 is 3.05 bits per heavy atom. The maximum absolute atomic E-state index is 13.3. The van der Waals surface area contributed by atoms with Crippen molar-refractivity contribution in [3.8, 4) is 0 Å². The summed E-state index contributed by atoms with van der Waals surface area (Å²) in [6, 6.07) is 4.43. The molecular formula is C14H19FN2O2. The number of hydrogen-bond acceptors (Lipinski definition) is 3. The Kier molecular flexibility index (Phi) is 4.87. The van der Waals surface area contributed by atoms with Crippen molar-refractivity contribution < 1.29 is 13.9 Å². The highest BCUT2D eigenvalue weighted by Gasteiger charge is 2.16. The van der Waals surface area contributed by atoms with Crippen LogP contribution >= 0.6 is 0 Å². The molecule has 1 atom stereocenters. The highest BCUT2D eigenvalue weighted by molar-refractivity contribution is 5.90. The summed E-state index contributed by atoms with van der Waals surface area (Å²) in [4.78, 5) is 11.8. The molecule has 0 aromatic heterocycles. The normalized spacial score (nSPS) is 18.5. The molecule has 1 aromatic rings. The lowest BCUT2D eigenvalue weighted by molar-refractivity contribution is -0.116. The van der Waals surface area contributed by atoms with Gasteiger partial charge in [-0.3, -0.25) is 4.79 Å². The van der Waals surface area contributed by atoms with Crippen LogP contribution in [0.5, 0.6) is 0 Å². The van der Waals surface area contributed by atoms with Crippen LogP contribution in [-0.4, -0.2) is 18.6 Å². The average molecular weight is 266 g/mol. The topological polar surface area (TPSA) is 64.3 Å². The van der Waals surface area contributed by atoms with E-state index in [2.05, 4.69) is 5.32 Å².